The number of hydrogen-bond acceptors (Lipinski definition) is 3. The second-order valence-corrected chi connectivity index (χ2v) is 5.52. The second-order valence-electron chi connectivity index (χ2n) is 4.36. The average molecular weight is 409 g/mol. The lowest BCUT2D eigenvalue weighted by atomic mass is 10.1. The minimum atomic E-state index is -4.76. The normalized spacial score (nSPS) is 12.1. The number of nitrogens with zero attached hydrogens (tertiary/aromatic N) is 3. The van der Waals surface area contributed by atoms with Crippen molar-refractivity contribution in [2.75, 3.05) is 14.1 Å². The smallest absolute Gasteiger partial charge is 0.403 e. The lowest BCUT2D eigenvalue weighted by Gasteiger charge is -2.13. The standard InChI is InChI=1S/C13H11F3IN3O/c1-20(2)7-19-11-8-4-3-5-18-12(8)10(6-9(11)17)21-13(14,15)16/h3-7H,1-2H3/b19-7+. The fraction of sp³-hybridized carbons (Fsp3) is 0.231. The van der Waals surface area contributed by atoms with Gasteiger partial charge in [-0.2, -0.15) is 0 Å². The molecule has 0 unspecified atom stereocenters. The highest BCUT2D eigenvalue weighted by Crippen LogP contribution is 2.38. The lowest BCUT2D eigenvalue weighted by molar-refractivity contribution is -0.274. The van der Waals surface area contributed by atoms with Gasteiger partial charge in [0, 0.05) is 29.2 Å². The van der Waals surface area contributed by atoms with E-state index in [2.05, 4.69) is 14.7 Å². The zero-order chi connectivity index (χ0) is 15.6. The molecule has 8 heteroatoms. The Morgan fingerprint density at radius 2 is 2.10 bits per heavy atom. The van der Waals surface area contributed by atoms with Crippen molar-refractivity contribution >= 4 is 45.5 Å². The number of aromatic nitrogens is 1. The number of pyridine rings is 1. The molecule has 0 atom stereocenters. The first-order chi connectivity index (χ1) is 9.78. The number of alkyl halides is 3. The molecule has 0 amide bonds. The van der Waals surface area contributed by atoms with Crippen LogP contribution in [0.3, 0.4) is 0 Å². The van der Waals surface area contributed by atoms with Gasteiger partial charge in [-0.3, -0.25) is 4.98 Å². The molecule has 0 aliphatic rings. The molecule has 0 fully saturated rings. The van der Waals surface area contributed by atoms with E-state index in [1.54, 1.807) is 37.5 Å². The summed E-state index contributed by atoms with van der Waals surface area (Å²) in [4.78, 5) is 10.0. The predicted octanol–water partition coefficient (Wildman–Crippen LogP) is 3.96. The molecule has 21 heavy (non-hydrogen) atoms. The van der Waals surface area contributed by atoms with Crippen LogP contribution in [-0.4, -0.2) is 36.7 Å². The maximum Gasteiger partial charge on any atom is 0.573 e. The Balaban J connectivity index is 2.63. The summed E-state index contributed by atoms with van der Waals surface area (Å²) in [6.07, 6.45) is -1.77. The number of hydrogen-bond donors (Lipinski definition) is 0. The SMILES string of the molecule is CN(C)/C=N/c1c(I)cc(OC(F)(F)F)c2ncccc12. The molecule has 1 heterocycles. The topological polar surface area (TPSA) is 37.7 Å². The van der Waals surface area contributed by atoms with Gasteiger partial charge in [0.1, 0.15) is 5.52 Å². The molecule has 0 saturated carbocycles. The summed E-state index contributed by atoms with van der Waals surface area (Å²) in [5.41, 5.74) is 0.683. The molecule has 0 bridgehead atoms. The van der Waals surface area contributed by atoms with E-state index >= 15 is 0 Å². The van der Waals surface area contributed by atoms with Crippen molar-refractivity contribution in [3.8, 4) is 5.75 Å². The van der Waals surface area contributed by atoms with E-state index in [4.69, 9.17) is 0 Å². The zero-order valence-electron chi connectivity index (χ0n) is 11.1. The summed E-state index contributed by atoms with van der Waals surface area (Å²) in [5, 5.41) is 0.502. The Morgan fingerprint density at radius 1 is 1.38 bits per heavy atom. The molecule has 2 rings (SSSR count). The fourth-order valence-corrected chi connectivity index (χ4v) is 2.39. The Morgan fingerprint density at radius 3 is 2.71 bits per heavy atom. The van der Waals surface area contributed by atoms with Crippen LogP contribution in [0.25, 0.3) is 10.9 Å². The van der Waals surface area contributed by atoms with Crippen molar-refractivity contribution in [1.29, 1.82) is 0 Å². The summed E-state index contributed by atoms with van der Waals surface area (Å²) in [6, 6.07) is 4.59. The second kappa shape index (κ2) is 6.04. The third-order valence-electron chi connectivity index (χ3n) is 2.42. The molecule has 2 aromatic rings. The molecule has 4 nitrogen and oxygen atoms in total. The number of fused-ring (bicyclic) bond motifs is 1. The van der Waals surface area contributed by atoms with Gasteiger partial charge in [-0.25, -0.2) is 4.99 Å². The average Bonchev–Trinajstić information content (AvgIpc) is 2.36. The van der Waals surface area contributed by atoms with Crippen LogP contribution in [0.4, 0.5) is 18.9 Å². The van der Waals surface area contributed by atoms with Crippen LogP contribution < -0.4 is 4.74 Å². The van der Waals surface area contributed by atoms with Crippen molar-refractivity contribution in [3.63, 3.8) is 0 Å². The summed E-state index contributed by atoms with van der Waals surface area (Å²) in [5.74, 6) is -0.327. The maximum absolute atomic E-state index is 12.5. The van der Waals surface area contributed by atoms with Crippen LogP contribution in [-0.2, 0) is 0 Å². The van der Waals surface area contributed by atoms with Gasteiger partial charge in [-0.05, 0) is 40.8 Å². The van der Waals surface area contributed by atoms with Crippen LogP contribution in [0, 0.1) is 3.57 Å². The van der Waals surface area contributed by atoms with Crippen LogP contribution in [0.2, 0.25) is 0 Å². The van der Waals surface area contributed by atoms with E-state index < -0.39 is 6.36 Å². The predicted molar refractivity (Wildman–Crippen MR) is 83.0 cm³/mol. The molecular formula is C13H11F3IN3O. The van der Waals surface area contributed by atoms with Gasteiger partial charge in [0.25, 0.3) is 0 Å². The summed E-state index contributed by atoms with van der Waals surface area (Å²) in [7, 11) is 3.61. The Hall–Kier alpha value is -1.58. The van der Waals surface area contributed by atoms with Gasteiger partial charge in [0.2, 0.25) is 0 Å². The maximum atomic E-state index is 12.5. The highest BCUT2D eigenvalue weighted by atomic mass is 127. The molecular weight excluding hydrogens is 398 g/mol. The van der Waals surface area contributed by atoms with E-state index in [1.165, 1.54) is 12.3 Å². The van der Waals surface area contributed by atoms with Gasteiger partial charge in [-0.15, -0.1) is 13.2 Å². The van der Waals surface area contributed by atoms with Crippen LogP contribution in [0.1, 0.15) is 0 Å². The first-order valence-electron chi connectivity index (χ1n) is 5.81. The number of benzene rings is 1. The van der Waals surface area contributed by atoms with E-state index in [0.29, 0.717) is 14.6 Å². The summed E-state index contributed by atoms with van der Waals surface area (Å²) >= 11 is 1.92. The number of ether oxygens (including phenoxy) is 1. The zero-order valence-corrected chi connectivity index (χ0v) is 13.3. The van der Waals surface area contributed by atoms with Gasteiger partial charge < -0.3 is 9.64 Å². The van der Waals surface area contributed by atoms with Crippen molar-refractivity contribution in [1.82, 2.24) is 9.88 Å². The highest BCUT2D eigenvalue weighted by molar-refractivity contribution is 14.1. The molecule has 0 radical (unpaired) electrons. The van der Waals surface area contributed by atoms with Crippen molar-refractivity contribution in [2.45, 2.75) is 6.36 Å². The molecule has 1 aromatic carbocycles. The van der Waals surface area contributed by atoms with Crippen molar-refractivity contribution in [3.05, 3.63) is 28.0 Å². The first kappa shape index (κ1) is 15.8. The minimum Gasteiger partial charge on any atom is -0.403 e. The summed E-state index contributed by atoms with van der Waals surface area (Å²) in [6.45, 7) is 0. The Labute approximate surface area is 132 Å². The van der Waals surface area contributed by atoms with E-state index in [-0.39, 0.29) is 11.3 Å². The van der Waals surface area contributed by atoms with E-state index in [0.717, 1.165) is 0 Å². The number of rotatable bonds is 3. The van der Waals surface area contributed by atoms with Crippen LogP contribution in [0.15, 0.2) is 29.4 Å². The number of aliphatic imine (C=N–C) groups is 1. The molecule has 112 valence electrons. The molecule has 0 N–H and O–H groups in total. The van der Waals surface area contributed by atoms with Gasteiger partial charge in [0.05, 0.1) is 12.0 Å². The van der Waals surface area contributed by atoms with Gasteiger partial charge >= 0.3 is 6.36 Å². The van der Waals surface area contributed by atoms with Gasteiger partial charge in [0.15, 0.2) is 5.75 Å². The molecule has 0 spiro atoms. The lowest BCUT2D eigenvalue weighted by Crippen LogP contribution is -2.17. The summed E-state index contributed by atoms with van der Waals surface area (Å²) < 4.78 is 42.0. The molecule has 0 aliphatic heterocycles. The van der Waals surface area contributed by atoms with Gasteiger partial charge in [-0.1, -0.05) is 0 Å². The van der Waals surface area contributed by atoms with E-state index in [1.807, 2.05) is 22.6 Å². The highest BCUT2D eigenvalue weighted by Gasteiger charge is 2.32. The van der Waals surface area contributed by atoms with Crippen molar-refractivity contribution < 1.29 is 17.9 Å². The van der Waals surface area contributed by atoms with Crippen molar-refractivity contribution in [2.24, 2.45) is 4.99 Å². The first-order valence-corrected chi connectivity index (χ1v) is 6.89. The largest absolute Gasteiger partial charge is 0.573 e. The third-order valence-corrected chi connectivity index (χ3v) is 3.25. The molecule has 0 aliphatic carbocycles. The van der Waals surface area contributed by atoms with E-state index in [9.17, 15) is 13.2 Å². The Kier molecular flexibility index (Phi) is 4.55. The quantitative estimate of drug-likeness (QED) is 0.438. The monoisotopic (exact) mass is 409 g/mol. The molecule has 0 saturated heterocycles. The third kappa shape index (κ3) is 3.96. The molecule has 1 aromatic heterocycles. The number of halogens is 4. The minimum absolute atomic E-state index is 0.126. The fourth-order valence-electron chi connectivity index (χ4n) is 1.68. The van der Waals surface area contributed by atoms with Crippen LogP contribution in [0.5, 0.6) is 5.75 Å². The Bertz CT molecular complexity index is 686. The van der Waals surface area contributed by atoms with Crippen LogP contribution >= 0.6 is 22.6 Å².